The van der Waals surface area contributed by atoms with E-state index in [1.165, 1.54) is 6.21 Å². The average Bonchev–Trinajstić information content (AvgIpc) is 2.79. The minimum absolute atomic E-state index is 0.377. The second-order valence-corrected chi connectivity index (χ2v) is 7.65. The first-order valence-corrected chi connectivity index (χ1v) is 10.5. The zero-order valence-electron chi connectivity index (χ0n) is 17.5. The number of benzene rings is 3. The number of nitrogens with zero attached hydrogens (tertiary/aromatic N) is 1. The van der Waals surface area contributed by atoms with Crippen LogP contribution < -0.4 is 19.6 Å². The normalized spacial score (nSPS) is 11.8. The number of halogens is 2. The van der Waals surface area contributed by atoms with Gasteiger partial charge in [0.2, 0.25) is 0 Å². The Morgan fingerprint density at radius 3 is 2.53 bits per heavy atom. The molecule has 0 saturated carbocycles. The number of carbonyl (C=O) groups excluding carboxylic acids is 1. The number of hydrogen-bond acceptors (Lipinski definition) is 5. The van der Waals surface area contributed by atoms with E-state index in [0.29, 0.717) is 33.9 Å². The summed E-state index contributed by atoms with van der Waals surface area (Å²) in [5, 5.41) is 5.19. The molecule has 3 aromatic carbocycles. The monoisotopic (exact) mass is 472 g/mol. The summed E-state index contributed by atoms with van der Waals surface area (Å²) in [5.41, 5.74) is 4.17. The zero-order chi connectivity index (χ0) is 22.9. The molecule has 3 aromatic rings. The Morgan fingerprint density at radius 1 is 1.03 bits per heavy atom. The number of rotatable bonds is 9. The summed E-state index contributed by atoms with van der Waals surface area (Å²) >= 11 is 11.8. The van der Waals surface area contributed by atoms with Crippen LogP contribution in [0.15, 0.2) is 71.8 Å². The third kappa shape index (κ3) is 6.90. The van der Waals surface area contributed by atoms with Crippen LogP contribution in [0.25, 0.3) is 0 Å². The van der Waals surface area contributed by atoms with Crippen molar-refractivity contribution in [2.24, 2.45) is 5.10 Å². The molecule has 0 radical (unpaired) electrons. The van der Waals surface area contributed by atoms with Crippen LogP contribution in [0.3, 0.4) is 0 Å². The Kier molecular flexibility index (Phi) is 8.36. The molecule has 6 nitrogen and oxygen atoms in total. The van der Waals surface area contributed by atoms with Crippen LogP contribution in [0.4, 0.5) is 0 Å². The van der Waals surface area contributed by atoms with E-state index in [0.717, 1.165) is 11.1 Å². The Labute approximate surface area is 196 Å². The highest BCUT2D eigenvalue weighted by Crippen LogP contribution is 2.28. The van der Waals surface area contributed by atoms with Gasteiger partial charge in [-0.2, -0.15) is 5.10 Å². The van der Waals surface area contributed by atoms with Crippen molar-refractivity contribution in [3.05, 3.63) is 87.9 Å². The van der Waals surface area contributed by atoms with Gasteiger partial charge in [0, 0.05) is 10.0 Å². The maximum atomic E-state index is 12.2. The van der Waals surface area contributed by atoms with Gasteiger partial charge in [-0.1, -0.05) is 41.4 Å². The van der Waals surface area contributed by atoms with E-state index in [-0.39, 0.29) is 0 Å². The number of ether oxygens (including phenoxy) is 3. The van der Waals surface area contributed by atoms with Crippen molar-refractivity contribution in [2.45, 2.75) is 19.6 Å². The summed E-state index contributed by atoms with van der Waals surface area (Å²) < 4.78 is 16.8. The first-order chi connectivity index (χ1) is 15.4. The molecule has 1 atom stereocenters. The molecule has 0 spiro atoms. The number of hydrazone groups is 1. The molecule has 0 saturated heterocycles. The quantitative estimate of drug-likeness (QED) is 0.329. The SMILES string of the molecule is COc1cc(C=NNC(=O)C(C)Oc2cccc(Cl)c2)ccc1OCc1ccc(Cl)cc1. The van der Waals surface area contributed by atoms with Gasteiger partial charge in [0.15, 0.2) is 17.6 Å². The summed E-state index contributed by atoms with van der Waals surface area (Å²) in [4.78, 5) is 12.2. The number of carbonyl (C=O) groups is 1. The third-order valence-electron chi connectivity index (χ3n) is 4.36. The van der Waals surface area contributed by atoms with Crippen molar-refractivity contribution in [3.8, 4) is 17.2 Å². The van der Waals surface area contributed by atoms with Crippen LogP contribution in [0, 0.1) is 0 Å². The van der Waals surface area contributed by atoms with Crippen molar-refractivity contribution in [1.29, 1.82) is 0 Å². The zero-order valence-corrected chi connectivity index (χ0v) is 19.1. The number of methoxy groups -OCH3 is 1. The van der Waals surface area contributed by atoms with Crippen molar-refractivity contribution < 1.29 is 19.0 Å². The predicted octanol–water partition coefficient (Wildman–Crippen LogP) is 5.50. The Hall–Kier alpha value is -3.22. The van der Waals surface area contributed by atoms with Gasteiger partial charge >= 0.3 is 0 Å². The molecule has 0 aliphatic heterocycles. The van der Waals surface area contributed by atoms with Crippen molar-refractivity contribution in [3.63, 3.8) is 0 Å². The van der Waals surface area contributed by atoms with Crippen LogP contribution in [-0.2, 0) is 11.4 Å². The van der Waals surface area contributed by atoms with E-state index >= 15 is 0 Å². The smallest absolute Gasteiger partial charge is 0.280 e. The van der Waals surface area contributed by atoms with E-state index in [4.69, 9.17) is 37.4 Å². The van der Waals surface area contributed by atoms with Crippen molar-refractivity contribution in [1.82, 2.24) is 5.43 Å². The van der Waals surface area contributed by atoms with Crippen molar-refractivity contribution in [2.75, 3.05) is 7.11 Å². The molecule has 1 N–H and O–H groups in total. The van der Waals surface area contributed by atoms with Crippen LogP contribution in [0.2, 0.25) is 10.0 Å². The first-order valence-electron chi connectivity index (χ1n) is 9.75. The molecule has 1 amide bonds. The number of hydrogen-bond donors (Lipinski definition) is 1. The lowest BCUT2D eigenvalue weighted by atomic mass is 10.2. The second kappa shape index (κ2) is 11.4. The highest BCUT2D eigenvalue weighted by Gasteiger charge is 2.14. The molecule has 0 bridgehead atoms. The molecule has 0 aromatic heterocycles. The minimum atomic E-state index is -0.746. The van der Waals surface area contributed by atoms with E-state index < -0.39 is 12.0 Å². The number of nitrogens with one attached hydrogen (secondary N) is 1. The minimum Gasteiger partial charge on any atom is -0.493 e. The van der Waals surface area contributed by atoms with E-state index in [1.54, 1.807) is 56.5 Å². The highest BCUT2D eigenvalue weighted by molar-refractivity contribution is 6.30. The maximum Gasteiger partial charge on any atom is 0.280 e. The largest absolute Gasteiger partial charge is 0.493 e. The molecular formula is C24H22Cl2N2O4. The molecule has 1 unspecified atom stereocenters. The topological polar surface area (TPSA) is 69.2 Å². The van der Waals surface area contributed by atoms with E-state index in [1.807, 2.05) is 24.3 Å². The molecule has 0 fully saturated rings. The first kappa shape index (κ1) is 23.4. The fourth-order valence-corrected chi connectivity index (χ4v) is 2.99. The lowest BCUT2D eigenvalue weighted by Crippen LogP contribution is -2.33. The summed E-state index contributed by atoms with van der Waals surface area (Å²) in [6.07, 6.45) is 0.763. The molecular weight excluding hydrogens is 451 g/mol. The predicted molar refractivity (Wildman–Crippen MR) is 126 cm³/mol. The molecule has 0 heterocycles. The van der Waals surface area contributed by atoms with Gasteiger partial charge in [-0.3, -0.25) is 4.79 Å². The van der Waals surface area contributed by atoms with Gasteiger partial charge in [-0.25, -0.2) is 5.43 Å². The van der Waals surface area contributed by atoms with Crippen LogP contribution in [0.1, 0.15) is 18.1 Å². The average molecular weight is 473 g/mol. The second-order valence-electron chi connectivity index (χ2n) is 6.78. The Balaban J connectivity index is 1.55. The Morgan fingerprint density at radius 2 is 1.81 bits per heavy atom. The van der Waals surface area contributed by atoms with E-state index in [2.05, 4.69) is 10.5 Å². The van der Waals surface area contributed by atoms with Gasteiger partial charge in [-0.15, -0.1) is 0 Å². The van der Waals surface area contributed by atoms with Crippen LogP contribution in [0.5, 0.6) is 17.2 Å². The van der Waals surface area contributed by atoms with Gasteiger partial charge in [0.05, 0.1) is 13.3 Å². The molecule has 166 valence electrons. The maximum absolute atomic E-state index is 12.2. The van der Waals surface area contributed by atoms with Gasteiger partial charge in [0.25, 0.3) is 5.91 Å². The Bertz CT molecular complexity index is 1090. The molecule has 32 heavy (non-hydrogen) atoms. The van der Waals surface area contributed by atoms with Crippen molar-refractivity contribution >= 4 is 35.3 Å². The summed E-state index contributed by atoms with van der Waals surface area (Å²) in [7, 11) is 1.56. The van der Waals surface area contributed by atoms with Gasteiger partial charge in [-0.05, 0) is 66.6 Å². The van der Waals surface area contributed by atoms with E-state index in [9.17, 15) is 4.79 Å². The summed E-state index contributed by atoms with van der Waals surface area (Å²) in [6.45, 7) is 2.00. The molecule has 3 rings (SSSR count). The standard InChI is InChI=1S/C24H22Cl2N2O4/c1-16(32-21-5-3-4-20(26)13-21)24(29)28-27-14-18-8-11-22(23(12-18)30-2)31-15-17-6-9-19(25)10-7-17/h3-14,16H,15H2,1-2H3,(H,28,29). The third-order valence-corrected chi connectivity index (χ3v) is 4.85. The molecule has 8 heteroatoms. The lowest BCUT2D eigenvalue weighted by molar-refractivity contribution is -0.127. The lowest BCUT2D eigenvalue weighted by Gasteiger charge is -2.13. The number of amides is 1. The van der Waals surface area contributed by atoms with Gasteiger partial charge < -0.3 is 14.2 Å². The van der Waals surface area contributed by atoms with Crippen LogP contribution in [-0.4, -0.2) is 25.3 Å². The molecule has 0 aliphatic carbocycles. The summed E-state index contributed by atoms with van der Waals surface area (Å²) in [5.74, 6) is 1.25. The fraction of sp³-hybridized carbons (Fsp3) is 0.167. The van der Waals surface area contributed by atoms with Gasteiger partial charge in [0.1, 0.15) is 12.4 Å². The van der Waals surface area contributed by atoms with Crippen LogP contribution >= 0.6 is 23.2 Å². The molecule has 0 aliphatic rings. The summed E-state index contributed by atoms with van der Waals surface area (Å²) in [6, 6.07) is 19.6. The highest BCUT2D eigenvalue weighted by atomic mass is 35.5. The fourth-order valence-electron chi connectivity index (χ4n) is 2.68.